The van der Waals surface area contributed by atoms with E-state index in [1.54, 1.807) is 6.92 Å². The van der Waals surface area contributed by atoms with Gasteiger partial charge in [-0.25, -0.2) is 4.98 Å². The van der Waals surface area contributed by atoms with Gasteiger partial charge in [-0.05, 0) is 25.7 Å². The van der Waals surface area contributed by atoms with Crippen LogP contribution in [0.15, 0.2) is 4.79 Å². The van der Waals surface area contributed by atoms with Crippen molar-refractivity contribution < 1.29 is 9.90 Å². The molecule has 0 aliphatic rings. The van der Waals surface area contributed by atoms with Gasteiger partial charge in [0.2, 0.25) is 0 Å². The van der Waals surface area contributed by atoms with Crippen LogP contribution in [-0.2, 0) is 5.41 Å². The number of nitrogens with one attached hydrogen (secondary N) is 2. The predicted octanol–water partition coefficient (Wildman–Crippen LogP) is 1.90. The zero-order chi connectivity index (χ0) is 17.6. The standard InChI is InChI=1S/C17H29N3O3/c1-6-7-12(8-9-21)10-18-14(22)13-11(2)19-16(17(3,4)5)20-15(13)23/h12,21H,6-10H2,1-5H3,(H,18,22)(H,19,20,23). The lowest BCUT2D eigenvalue weighted by Crippen LogP contribution is -2.36. The van der Waals surface area contributed by atoms with Crippen LogP contribution in [0.5, 0.6) is 0 Å². The van der Waals surface area contributed by atoms with Crippen LogP contribution in [0.1, 0.15) is 68.8 Å². The SMILES string of the molecule is CCCC(CCO)CNC(=O)c1c(C)nc(C(C)(C)C)[nH]c1=O. The summed E-state index contributed by atoms with van der Waals surface area (Å²) in [7, 11) is 0. The zero-order valence-electron chi connectivity index (χ0n) is 14.8. The Bertz CT molecular complexity index is 582. The van der Waals surface area contributed by atoms with E-state index in [1.807, 2.05) is 20.8 Å². The third-order valence-corrected chi connectivity index (χ3v) is 3.82. The van der Waals surface area contributed by atoms with Crippen molar-refractivity contribution in [1.29, 1.82) is 0 Å². The third kappa shape index (κ3) is 5.46. The van der Waals surface area contributed by atoms with Crippen molar-refractivity contribution in [3.05, 3.63) is 27.4 Å². The molecule has 0 radical (unpaired) electrons. The lowest BCUT2D eigenvalue weighted by Gasteiger charge is -2.19. The lowest BCUT2D eigenvalue weighted by molar-refractivity contribution is 0.0940. The first-order valence-corrected chi connectivity index (χ1v) is 8.21. The van der Waals surface area contributed by atoms with Crippen LogP contribution < -0.4 is 10.9 Å². The van der Waals surface area contributed by atoms with E-state index in [0.717, 1.165) is 12.8 Å². The van der Waals surface area contributed by atoms with Crippen LogP contribution in [0.3, 0.4) is 0 Å². The molecule has 6 heteroatoms. The fourth-order valence-electron chi connectivity index (χ4n) is 2.47. The van der Waals surface area contributed by atoms with Gasteiger partial charge < -0.3 is 15.4 Å². The summed E-state index contributed by atoms with van der Waals surface area (Å²) in [6.07, 6.45) is 2.56. The van der Waals surface area contributed by atoms with Gasteiger partial charge in [0, 0.05) is 18.6 Å². The Hall–Kier alpha value is -1.69. The van der Waals surface area contributed by atoms with E-state index < -0.39 is 11.5 Å². The summed E-state index contributed by atoms with van der Waals surface area (Å²) in [4.78, 5) is 31.7. The molecule has 130 valence electrons. The average Bonchev–Trinajstić information content (AvgIpc) is 2.43. The van der Waals surface area contributed by atoms with E-state index in [1.165, 1.54) is 0 Å². The number of carbonyl (C=O) groups excluding carboxylic acids is 1. The number of carbonyl (C=O) groups is 1. The summed E-state index contributed by atoms with van der Waals surface area (Å²) in [5.41, 5.74) is -0.191. The van der Waals surface area contributed by atoms with Gasteiger partial charge in [0.1, 0.15) is 11.4 Å². The quantitative estimate of drug-likeness (QED) is 0.714. The van der Waals surface area contributed by atoms with E-state index in [2.05, 4.69) is 22.2 Å². The number of amides is 1. The van der Waals surface area contributed by atoms with Crippen LogP contribution in [0, 0.1) is 12.8 Å². The molecule has 1 amide bonds. The highest BCUT2D eigenvalue weighted by Gasteiger charge is 2.22. The normalized spacial score (nSPS) is 13.0. The van der Waals surface area contributed by atoms with Crippen molar-refractivity contribution in [2.75, 3.05) is 13.2 Å². The van der Waals surface area contributed by atoms with Gasteiger partial charge in [0.15, 0.2) is 0 Å². The molecule has 1 atom stereocenters. The zero-order valence-corrected chi connectivity index (χ0v) is 14.8. The summed E-state index contributed by atoms with van der Waals surface area (Å²) in [6, 6.07) is 0. The van der Waals surface area contributed by atoms with E-state index >= 15 is 0 Å². The van der Waals surface area contributed by atoms with Gasteiger partial charge in [-0.1, -0.05) is 34.1 Å². The maximum absolute atomic E-state index is 12.3. The first kappa shape index (κ1) is 19.4. The second-order valence-corrected chi connectivity index (χ2v) is 7.00. The minimum Gasteiger partial charge on any atom is -0.396 e. The Labute approximate surface area is 137 Å². The second-order valence-electron chi connectivity index (χ2n) is 7.00. The highest BCUT2D eigenvalue weighted by molar-refractivity contribution is 5.94. The number of nitrogens with zero attached hydrogens (tertiary/aromatic N) is 1. The molecule has 0 aromatic carbocycles. The molecule has 0 aliphatic heterocycles. The molecular formula is C17H29N3O3. The van der Waals surface area contributed by atoms with Crippen molar-refractivity contribution in [3.63, 3.8) is 0 Å². The number of H-pyrrole nitrogens is 1. The topological polar surface area (TPSA) is 95.1 Å². The van der Waals surface area contributed by atoms with Crippen molar-refractivity contribution in [2.45, 2.75) is 59.3 Å². The van der Waals surface area contributed by atoms with E-state index in [0.29, 0.717) is 24.5 Å². The number of aromatic amines is 1. The van der Waals surface area contributed by atoms with Gasteiger partial charge in [0.25, 0.3) is 11.5 Å². The molecule has 23 heavy (non-hydrogen) atoms. The maximum atomic E-state index is 12.3. The average molecular weight is 323 g/mol. The van der Waals surface area contributed by atoms with Crippen molar-refractivity contribution in [2.24, 2.45) is 5.92 Å². The molecule has 6 nitrogen and oxygen atoms in total. The number of rotatable bonds is 7. The number of aliphatic hydroxyl groups excluding tert-OH is 1. The largest absolute Gasteiger partial charge is 0.396 e. The molecule has 3 N–H and O–H groups in total. The van der Waals surface area contributed by atoms with Gasteiger partial charge in [-0.2, -0.15) is 0 Å². The molecule has 0 saturated heterocycles. The van der Waals surface area contributed by atoms with Crippen molar-refractivity contribution in [3.8, 4) is 0 Å². The monoisotopic (exact) mass is 323 g/mol. The van der Waals surface area contributed by atoms with Gasteiger partial charge >= 0.3 is 0 Å². The lowest BCUT2D eigenvalue weighted by atomic mass is 9.95. The highest BCUT2D eigenvalue weighted by atomic mass is 16.3. The molecule has 0 aliphatic carbocycles. The van der Waals surface area contributed by atoms with Crippen molar-refractivity contribution >= 4 is 5.91 Å². The van der Waals surface area contributed by atoms with E-state index in [4.69, 9.17) is 5.11 Å². The Morgan fingerprint density at radius 3 is 2.48 bits per heavy atom. The number of aliphatic hydroxyl groups is 1. The predicted molar refractivity (Wildman–Crippen MR) is 90.7 cm³/mol. The molecule has 1 unspecified atom stereocenters. The molecule has 1 aromatic heterocycles. The van der Waals surface area contributed by atoms with Gasteiger partial charge in [-0.3, -0.25) is 9.59 Å². The Morgan fingerprint density at radius 2 is 2.00 bits per heavy atom. The summed E-state index contributed by atoms with van der Waals surface area (Å²) in [6.45, 7) is 10.2. The van der Waals surface area contributed by atoms with Crippen LogP contribution in [0.25, 0.3) is 0 Å². The molecule has 1 heterocycles. The smallest absolute Gasteiger partial charge is 0.264 e. The fraction of sp³-hybridized carbons (Fsp3) is 0.706. The minimum absolute atomic E-state index is 0.0669. The summed E-state index contributed by atoms with van der Waals surface area (Å²) in [5.74, 6) is 0.381. The molecular weight excluding hydrogens is 294 g/mol. The van der Waals surface area contributed by atoms with Gasteiger partial charge in [0.05, 0.1) is 5.69 Å². The minimum atomic E-state index is -0.408. The maximum Gasteiger partial charge on any atom is 0.264 e. The Kier molecular flexibility index (Phi) is 6.94. The molecule has 0 saturated carbocycles. The molecule has 0 bridgehead atoms. The molecule has 1 rings (SSSR count). The summed E-state index contributed by atoms with van der Waals surface area (Å²) >= 11 is 0. The Morgan fingerprint density at radius 1 is 1.35 bits per heavy atom. The number of aromatic nitrogens is 2. The van der Waals surface area contributed by atoms with Crippen LogP contribution in [-0.4, -0.2) is 34.1 Å². The third-order valence-electron chi connectivity index (χ3n) is 3.82. The first-order chi connectivity index (χ1) is 10.7. The molecule has 0 spiro atoms. The summed E-state index contributed by atoms with van der Waals surface area (Å²) in [5, 5.41) is 11.9. The van der Waals surface area contributed by atoms with E-state index in [-0.39, 0.29) is 23.5 Å². The number of hydrogen-bond acceptors (Lipinski definition) is 4. The second kappa shape index (κ2) is 8.24. The number of aryl methyl sites for hydroxylation is 1. The van der Waals surface area contributed by atoms with Crippen LogP contribution >= 0.6 is 0 Å². The molecule has 0 fully saturated rings. The fourth-order valence-corrected chi connectivity index (χ4v) is 2.47. The van der Waals surface area contributed by atoms with Crippen molar-refractivity contribution in [1.82, 2.24) is 15.3 Å². The van der Waals surface area contributed by atoms with Crippen LogP contribution in [0.4, 0.5) is 0 Å². The van der Waals surface area contributed by atoms with E-state index in [9.17, 15) is 9.59 Å². The number of hydrogen-bond donors (Lipinski definition) is 3. The first-order valence-electron chi connectivity index (χ1n) is 8.21. The highest BCUT2D eigenvalue weighted by Crippen LogP contribution is 2.17. The summed E-state index contributed by atoms with van der Waals surface area (Å²) < 4.78 is 0. The van der Waals surface area contributed by atoms with Gasteiger partial charge in [-0.15, -0.1) is 0 Å². The molecule has 1 aromatic rings. The van der Waals surface area contributed by atoms with Crippen LogP contribution in [0.2, 0.25) is 0 Å². The Balaban J connectivity index is 2.90.